The highest BCUT2D eigenvalue weighted by atomic mass is 32.1. The zero-order chi connectivity index (χ0) is 18.7. The van der Waals surface area contributed by atoms with Crippen LogP contribution in [0.15, 0.2) is 60.7 Å². The van der Waals surface area contributed by atoms with Gasteiger partial charge in [-0.3, -0.25) is 5.32 Å². The molecule has 3 aromatic rings. The fourth-order valence-electron chi connectivity index (χ4n) is 3.63. The molecule has 1 N–H and O–H groups in total. The summed E-state index contributed by atoms with van der Waals surface area (Å²) in [6.45, 7) is 3.70. The Morgan fingerprint density at radius 1 is 1.07 bits per heavy atom. The van der Waals surface area contributed by atoms with Crippen molar-refractivity contribution in [2.45, 2.75) is 25.2 Å². The average Bonchev–Trinajstić information content (AvgIpc) is 3.18. The molecule has 0 radical (unpaired) electrons. The highest BCUT2D eigenvalue weighted by Crippen LogP contribution is 2.34. The fraction of sp³-hybridized carbons (Fsp3) is 0.286. The Balaban J connectivity index is 1.45. The number of carbonyl (C=O) groups is 1. The van der Waals surface area contributed by atoms with Gasteiger partial charge in [-0.2, -0.15) is 0 Å². The van der Waals surface area contributed by atoms with Crippen LogP contribution in [0.3, 0.4) is 0 Å². The molecule has 1 aromatic heterocycles. The number of piperidine rings is 1. The van der Waals surface area contributed by atoms with Gasteiger partial charge in [0.2, 0.25) is 5.13 Å². The largest absolute Gasteiger partial charge is 0.324 e. The first kappa shape index (κ1) is 17.7. The maximum Gasteiger partial charge on any atom is 0.323 e. The number of carbonyl (C=O) groups excluding carboxylic acids is 1. The molecule has 2 heterocycles. The number of urea groups is 1. The molecule has 4 rings (SSSR count). The van der Waals surface area contributed by atoms with E-state index in [0.29, 0.717) is 11.7 Å². The van der Waals surface area contributed by atoms with E-state index in [9.17, 15) is 4.79 Å². The first-order chi connectivity index (χ1) is 13.1. The SMILES string of the molecule is CC1(c2ccccc2)CCCN(C(=O)Nc2nnc(-c3ccccc3)s2)C1. The molecule has 1 aliphatic heterocycles. The molecule has 6 heteroatoms. The number of hydrogen-bond donors (Lipinski definition) is 1. The molecular formula is C21H22N4OS. The maximum atomic E-state index is 12.8. The topological polar surface area (TPSA) is 58.1 Å². The van der Waals surface area contributed by atoms with E-state index in [4.69, 9.17) is 0 Å². The van der Waals surface area contributed by atoms with Gasteiger partial charge in [0.05, 0.1) is 0 Å². The summed E-state index contributed by atoms with van der Waals surface area (Å²) >= 11 is 1.39. The summed E-state index contributed by atoms with van der Waals surface area (Å²) in [7, 11) is 0. The van der Waals surface area contributed by atoms with Gasteiger partial charge in [-0.1, -0.05) is 78.9 Å². The molecule has 27 heavy (non-hydrogen) atoms. The minimum atomic E-state index is -0.104. The van der Waals surface area contributed by atoms with Crippen molar-refractivity contribution < 1.29 is 4.79 Å². The summed E-state index contributed by atoms with van der Waals surface area (Å²) in [5, 5.41) is 12.6. The molecule has 0 spiro atoms. The monoisotopic (exact) mass is 378 g/mol. The van der Waals surface area contributed by atoms with Crippen molar-refractivity contribution in [3.8, 4) is 10.6 Å². The molecule has 138 valence electrons. The minimum Gasteiger partial charge on any atom is -0.324 e. The van der Waals surface area contributed by atoms with Crippen LogP contribution in [0.25, 0.3) is 10.6 Å². The first-order valence-corrected chi connectivity index (χ1v) is 9.96. The van der Waals surface area contributed by atoms with Crippen LogP contribution < -0.4 is 5.32 Å². The Morgan fingerprint density at radius 3 is 2.52 bits per heavy atom. The van der Waals surface area contributed by atoms with Crippen molar-refractivity contribution in [1.82, 2.24) is 15.1 Å². The molecule has 1 aliphatic rings. The smallest absolute Gasteiger partial charge is 0.323 e. The predicted molar refractivity (Wildman–Crippen MR) is 109 cm³/mol. The van der Waals surface area contributed by atoms with Gasteiger partial charge in [-0.05, 0) is 18.4 Å². The Labute approximate surface area is 163 Å². The molecule has 1 atom stereocenters. The number of nitrogens with one attached hydrogen (secondary N) is 1. The Bertz CT molecular complexity index is 912. The van der Waals surface area contributed by atoms with Crippen molar-refractivity contribution in [2.75, 3.05) is 18.4 Å². The number of benzene rings is 2. The molecule has 0 bridgehead atoms. The van der Waals surface area contributed by atoms with Crippen LogP contribution in [0.5, 0.6) is 0 Å². The van der Waals surface area contributed by atoms with E-state index in [2.05, 4.69) is 46.7 Å². The van der Waals surface area contributed by atoms with E-state index < -0.39 is 0 Å². The lowest BCUT2D eigenvalue weighted by Gasteiger charge is -2.40. The molecule has 1 saturated heterocycles. The van der Waals surface area contributed by atoms with Gasteiger partial charge in [0.25, 0.3) is 0 Å². The van der Waals surface area contributed by atoms with Crippen LogP contribution in [0.2, 0.25) is 0 Å². The van der Waals surface area contributed by atoms with Gasteiger partial charge in [-0.15, -0.1) is 10.2 Å². The molecule has 1 unspecified atom stereocenters. The standard InChI is InChI=1S/C21H22N4OS/c1-21(17-11-6-3-7-12-17)13-8-14-25(15-21)20(26)22-19-24-23-18(27-19)16-9-4-2-5-10-16/h2-7,9-12H,8,13-15H2,1H3,(H,22,24,26). The Hall–Kier alpha value is -2.73. The van der Waals surface area contributed by atoms with E-state index in [1.54, 1.807) is 0 Å². The number of likely N-dealkylation sites (tertiary alicyclic amines) is 1. The van der Waals surface area contributed by atoms with Gasteiger partial charge in [0, 0.05) is 24.1 Å². The molecule has 0 aliphatic carbocycles. The average molecular weight is 379 g/mol. The van der Waals surface area contributed by atoms with Crippen LogP contribution in [0.1, 0.15) is 25.3 Å². The van der Waals surface area contributed by atoms with E-state index in [0.717, 1.165) is 30.0 Å². The maximum absolute atomic E-state index is 12.8. The quantitative estimate of drug-likeness (QED) is 0.713. The van der Waals surface area contributed by atoms with Crippen molar-refractivity contribution in [2.24, 2.45) is 0 Å². The third kappa shape index (κ3) is 3.85. The van der Waals surface area contributed by atoms with Crippen molar-refractivity contribution in [3.05, 3.63) is 66.2 Å². The van der Waals surface area contributed by atoms with Gasteiger partial charge in [0.1, 0.15) is 5.01 Å². The zero-order valence-corrected chi connectivity index (χ0v) is 16.1. The normalized spacial score (nSPS) is 19.7. The fourth-order valence-corrected chi connectivity index (χ4v) is 4.37. The van der Waals surface area contributed by atoms with Crippen molar-refractivity contribution in [3.63, 3.8) is 0 Å². The number of aromatic nitrogens is 2. The van der Waals surface area contributed by atoms with Crippen LogP contribution in [0.4, 0.5) is 9.93 Å². The summed E-state index contributed by atoms with van der Waals surface area (Å²) in [5.74, 6) is 0. The number of nitrogens with zero attached hydrogens (tertiary/aromatic N) is 3. The van der Waals surface area contributed by atoms with Gasteiger partial charge >= 0.3 is 6.03 Å². The van der Waals surface area contributed by atoms with E-state index in [-0.39, 0.29) is 11.4 Å². The van der Waals surface area contributed by atoms with Crippen LogP contribution in [0, 0.1) is 0 Å². The molecule has 2 amide bonds. The Kier molecular flexibility index (Phi) is 4.90. The molecule has 2 aromatic carbocycles. The van der Waals surface area contributed by atoms with Gasteiger partial charge in [0.15, 0.2) is 0 Å². The third-order valence-electron chi connectivity index (χ3n) is 5.11. The van der Waals surface area contributed by atoms with E-state index >= 15 is 0 Å². The molecule has 0 saturated carbocycles. The van der Waals surface area contributed by atoms with Crippen LogP contribution >= 0.6 is 11.3 Å². The lowest BCUT2D eigenvalue weighted by molar-refractivity contribution is 0.167. The molecule has 5 nitrogen and oxygen atoms in total. The highest BCUT2D eigenvalue weighted by Gasteiger charge is 2.34. The lowest BCUT2D eigenvalue weighted by Crippen LogP contribution is -2.48. The highest BCUT2D eigenvalue weighted by molar-refractivity contribution is 7.18. The van der Waals surface area contributed by atoms with Crippen LogP contribution in [-0.2, 0) is 5.41 Å². The second kappa shape index (κ2) is 7.48. The summed E-state index contributed by atoms with van der Waals surface area (Å²) in [4.78, 5) is 14.7. The van der Waals surface area contributed by atoms with E-state index in [1.165, 1.54) is 16.9 Å². The summed E-state index contributed by atoms with van der Waals surface area (Å²) in [6, 6.07) is 20.2. The van der Waals surface area contributed by atoms with Crippen molar-refractivity contribution >= 4 is 22.5 Å². The summed E-state index contributed by atoms with van der Waals surface area (Å²) in [6.07, 6.45) is 2.07. The van der Waals surface area contributed by atoms with Gasteiger partial charge < -0.3 is 4.90 Å². The summed E-state index contributed by atoms with van der Waals surface area (Å²) < 4.78 is 0. The van der Waals surface area contributed by atoms with Gasteiger partial charge in [-0.25, -0.2) is 4.79 Å². The van der Waals surface area contributed by atoms with Crippen LogP contribution in [-0.4, -0.2) is 34.2 Å². The number of anilines is 1. The summed E-state index contributed by atoms with van der Waals surface area (Å²) in [5.41, 5.74) is 2.27. The minimum absolute atomic E-state index is 0.0207. The third-order valence-corrected chi connectivity index (χ3v) is 6.00. The van der Waals surface area contributed by atoms with E-state index in [1.807, 2.05) is 41.3 Å². The second-order valence-electron chi connectivity index (χ2n) is 7.16. The number of hydrogen-bond acceptors (Lipinski definition) is 4. The predicted octanol–water partition coefficient (Wildman–Crippen LogP) is 4.79. The second-order valence-corrected chi connectivity index (χ2v) is 8.14. The number of rotatable bonds is 3. The molecular weight excluding hydrogens is 356 g/mol. The lowest BCUT2D eigenvalue weighted by atomic mass is 9.76. The Morgan fingerprint density at radius 2 is 1.78 bits per heavy atom. The number of amides is 2. The molecule has 1 fully saturated rings. The zero-order valence-electron chi connectivity index (χ0n) is 15.3. The van der Waals surface area contributed by atoms with Crippen molar-refractivity contribution in [1.29, 1.82) is 0 Å². The first-order valence-electron chi connectivity index (χ1n) is 9.14.